The van der Waals surface area contributed by atoms with Crippen LogP contribution in [0.2, 0.25) is 0 Å². The molecule has 3 atom stereocenters. The smallest absolute Gasteiger partial charge is 0.341 e. The second-order valence-corrected chi connectivity index (χ2v) is 6.70. The van der Waals surface area contributed by atoms with Crippen molar-refractivity contribution in [3.8, 4) is 5.75 Å². The molecule has 0 aromatic heterocycles. The van der Waals surface area contributed by atoms with Gasteiger partial charge in [-0.1, -0.05) is 6.92 Å². The number of benzene rings is 1. The van der Waals surface area contributed by atoms with Gasteiger partial charge in [0.15, 0.2) is 0 Å². The normalized spacial score (nSPS) is 25.9. The second kappa shape index (κ2) is 6.09. The molecule has 130 valence electrons. The molecule has 0 spiro atoms. The summed E-state index contributed by atoms with van der Waals surface area (Å²) in [6, 6.07) is 3.30. The third kappa shape index (κ3) is 2.55. The third-order valence-corrected chi connectivity index (χ3v) is 5.22. The molecule has 1 aromatic rings. The lowest BCUT2D eigenvalue weighted by molar-refractivity contribution is -0.117. The maximum Gasteiger partial charge on any atom is 0.341 e. The fourth-order valence-electron chi connectivity index (χ4n) is 3.85. The van der Waals surface area contributed by atoms with Gasteiger partial charge in [-0.05, 0) is 36.3 Å². The Bertz CT molecular complexity index is 684. The zero-order valence-electron chi connectivity index (χ0n) is 14.5. The summed E-state index contributed by atoms with van der Waals surface area (Å²) in [5, 5.41) is 0. The van der Waals surface area contributed by atoms with E-state index in [-0.39, 0.29) is 23.9 Å². The summed E-state index contributed by atoms with van der Waals surface area (Å²) < 4.78 is 10.2. The summed E-state index contributed by atoms with van der Waals surface area (Å²) in [7, 11) is 2.82. The van der Waals surface area contributed by atoms with Gasteiger partial charge in [0, 0.05) is 25.1 Å². The van der Waals surface area contributed by atoms with Crippen LogP contribution in [-0.4, -0.2) is 32.1 Å². The van der Waals surface area contributed by atoms with Gasteiger partial charge in [-0.15, -0.1) is 0 Å². The van der Waals surface area contributed by atoms with Crippen molar-refractivity contribution in [1.29, 1.82) is 0 Å². The molecule has 1 amide bonds. The molecule has 3 rings (SSSR count). The minimum Gasteiger partial charge on any atom is -0.496 e. The molecule has 2 aliphatic rings. The highest BCUT2D eigenvalue weighted by Gasteiger charge is 2.47. The summed E-state index contributed by atoms with van der Waals surface area (Å²) >= 11 is 0. The van der Waals surface area contributed by atoms with Gasteiger partial charge in [0.2, 0.25) is 5.91 Å². The number of nitrogens with two attached hydrogens (primary N) is 1. The topological polar surface area (TPSA) is 81.9 Å². The summed E-state index contributed by atoms with van der Waals surface area (Å²) in [6.45, 7) is 3.65. The molecule has 1 aliphatic carbocycles. The number of fused-ring (bicyclic) bond motifs is 1. The lowest BCUT2D eigenvalue weighted by Gasteiger charge is -2.44. The molecule has 1 saturated carbocycles. The third-order valence-electron chi connectivity index (χ3n) is 5.22. The molecule has 0 bridgehead atoms. The summed E-state index contributed by atoms with van der Waals surface area (Å²) in [6.07, 6.45) is 2.25. The van der Waals surface area contributed by atoms with E-state index in [0.29, 0.717) is 17.2 Å². The van der Waals surface area contributed by atoms with E-state index in [9.17, 15) is 9.59 Å². The minimum absolute atomic E-state index is 0.0141. The largest absolute Gasteiger partial charge is 0.496 e. The molecule has 0 unspecified atom stereocenters. The van der Waals surface area contributed by atoms with Crippen molar-refractivity contribution < 1.29 is 19.1 Å². The molecule has 0 radical (unpaired) electrons. The Morgan fingerprint density at radius 3 is 2.42 bits per heavy atom. The van der Waals surface area contributed by atoms with Gasteiger partial charge >= 0.3 is 5.97 Å². The first-order valence-electron chi connectivity index (χ1n) is 8.26. The summed E-state index contributed by atoms with van der Waals surface area (Å²) in [5.41, 5.74) is 8.34. The Hall–Kier alpha value is -2.08. The van der Waals surface area contributed by atoms with Gasteiger partial charge in [0.05, 0.1) is 19.9 Å². The monoisotopic (exact) mass is 332 g/mol. The number of hydrogen-bond acceptors (Lipinski definition) is 5. The molecule has 24 heavy (non-hydrogen) atoms. The van der Waals surface area contributed by atoms with Crippen molar-refractivity contribution in [3.05, 3.63) is 23.3 Å². The number of nitrogens with zero attached hydrogens (tertiary/aromatic N) is 1. The van der Waals surface area contributed by atoms with Crippen LogP contribution in [0.1, 0.15) is 48.7 Å². The first-order valence-corrected chi connectivity index (χ1v) is 8.26. The van der Waals surface area contributed by atoms with Crippen molar-refractivity contribution in [2.24, 2.45) is 17.6 Å². The number of carbonyl (C=O) groups is 2. The molecule has 6 heteroatoms. The molecule has 2 N–H and O–H groups in total. The first-order chi connectivity index (χ1) is 11.4. The van der Waals surface area contributed by atoms with Crippen LogP contribution >= 0.6 is 0 Å². The lowest BCUT2D eigenvalue weighted by atomic mass is 9.80. The van der Waals surface area contributed by atoms with E-state index >= 15 is 0 Å². The number of rotatable bonds is 3. The van der Waals surface area contributed by atoms with Crippen LogP contribution in [-0.2, 0) is 9.53 Å². The highest BCUT2D eigenvalue weighted by molar-refractivity contribution is 5.98. The molecule has 0 saturated heterocycles. The Morgan fingerprint density at radius 1 is 1.25 bits per heavy atom. The van der Waals surface area contributed by atoms with Gasteiger partial charge in [-0.2, -0.15) is 0 Å². The number of ether oxygens (including phenoxy) is 2. The predicted molar refractivity (Wildman–Crippen MR) is 90.1 cm³/mol. The zero-order valence-corrected chi connectivity index (χ0v) is 14.5. The average Bonchev–Trinajstić information content (AvgIpc) is 3.40. The maximum atomic E-state index is 12.4. The molecular formula is C18H24N2O4. The van der Waals surface area contributed by atoms with Crippen LogP contribution in [0.15, 0.2) is 12.1 Å². The quantitative estimate of drug-likeness (QED) is 0.859. The van der Waals surface area contributed by atoms with E-state index in [1.54, 1.807) is 19.1 Å². The van der Waals surface area contributed by atoms with Crippen LogP contribution < -0.4 is 15.4 Å². The van der Waals surface area contributed by atoms with E-state index in [0.717, 1.165) is 24.1 Å². The van der Waals surface area contributed by atoms with Crippen molar-refractivity contribution in [2.75, 3.05) is 19.1 Å². The molecule has 1 aliphatic heterocycles. The van der Waals surface area contributed by atoms with Gasteiger partial charge in [0.25, 0.3) is 0 Å². The second-order valence-electron chi connectivity index (χ2n) is 6.70. The number of methoxy groups -OCH3 is 2. The van der Waals surface area contributed by atoms with Crippen LogP contribution in [0.5, 0.6) is 5.75 Å². The van der Waals surface area contributed by atoms with E-state index in [1.807, 2.05) is 4.90 Å². The maximum absolute atomic E-state index is 12.4. The van der Waals surface area contributed by atoms with E-state index in [1.165, 1.54) is 14.2 Å². The van der Waals surface area contributed by atoms with Crippen molar-refractivity contribution >= 4 is 17.6 Å². The average molecular weight is 332 g/mol. The van der Waals surface area contributed by atoms with Crippen molar-refractivity contribution in [3.63, 3.8) is 0 Å². The lowest BCUT2D eigenvalue weighted by Crippen LogP contribution is -2.51. The van der Waals surface area contributed by atoms with Crippen molar-refractivity contribution in [2.45, 2.75) is 38.8 Å². The van der Waals surface area contributed by atoms with Crippen molar-refractivity contribution in [1.82, 2.24) is 0 Å². The minimum atomic E-state index is -0.479. The van der Waals surface area contributed by atoms with Crippen LogP contribution in [0, 0.1) is 11.8 Å². The van der Waals surface area contributed by atoms with Gasteiger partial charge in [-0.3, -0.25) is 4.79 Å². The highest BCUT2D eigenvalue weighted by atomic mass is 16.5. The Labute approximate surface area is 141 Å². The van der Waals surface area contributed by atoms with Gasteiger partial charge in [0.1, 0.15) is 11.3 Å². The highest BCUT2D eigenvalue weighted by Crippen LogP contribution is 2.49. The first kappa shape index (κ1) is 16.8. The predicted octanol–water partition coefficient (Wildman–Crippen LogP) is 2.26. The number of carbonyl (C=O) groups excluding carboxylic acids is 2. The van der Waals surface area contributed by atoms with E-state index in [4.69, 9.17) is 15.2 Å². The van der Waals surface area contributed by atoms with Crippen LogP contribution in [0.25, 0.3) is 0 Å². The fourth-order valence-corrected chi connectivity index (χ4v) is 3.85. The molecule has 1 aromatic carbocycles. The summed E-state index contributed by atoms with van der Waals surface area (Å²) in [4.78, 5) is 26.3. The molecule has 1 fully saturated rings. The van der Waals surface area contributed by atoms with Gasteiger partial charge < -0.3 is 20.1 Å². The van der Waals surface area contributed by atoms with Crippen LogP contribution in [0.3, 0.4) is 0 Å². The van der Waals surface area contributed by atoms with Crippen LogP contribution in [0.4, 0.5) is 5.69 Å². The molecular weight excluding hydrogens is 308 g/mol. The standard InChI is InChI=1S/C18H24N2O4/c1-9-16(19)12-7-13(18(22)24-4)15(23-3)8-14(12)20(10(2)21)17(9)11-5-6-11/h7-9,11,16-17H,5-6,19H2,1-4H3/t9-,16-,17-/m1/s1. The fraction of sp³-hybridized carbons (Fsp3) is 0.556. The summed E-state index contributed by atoms with van der Waals surface area (Å²) in [5.74, 6) is 0.512. The van der Waals surface area contributed by atoms with E-state index < -0.39 is 5.97 Å². The van der Waals surface area contributed by atoms with E-state index in [2.05, 4.69) is 6.92 Å². The molecule has 6 nitrogen and oxygen atoms in total. The molecule has 1 heterocycles. The zero-order chi connectivity index (χ0) is 17.6. The Kier molecular flexibility index (Phi) is 4.25. The number of anilines is 1. The van der Waals surface area contributed by atoms with Gasteiger partial charge in [-0.25, -0.2) is 4.79 Å². The number of amides is 1. The number of hydrogen-bond donors (Lipinski definition) is 1. The number of esters is 1. The Morgan fingerprint density at radius 2 is 1.92 bits per heavy atom. The SMILES string of the molecule is COC(=O)c1cc2c(cc1OC)N(C(C)=O)[C@@H](C1CC1)[C@H](C)[C@H]2N. The Balaban J connectivity index is 2.18.